The van der Waals surface area contributed by atoms with Crippen LogP contribution in [0.4, 0.5) is 5.69 Å². The van der Waals surface area contributed by atoms with Crippen molar-refractivity contribution >= 4 is 11.6 Å². The van der Waals surface area contributed by atoms with E-state index >= 15 is 0 Å². The summed E-state index contributed by atoms with van der Waals surface area (Å²) >= 11 is 0. The van der Waals surface area contributed by atoms with Gasteiger partial charge in [-0.1, -0.05) is 60.2 Å². The zero-order chi connectivity index (χ0) is 20.2. The molecule has 2 heterocycles. The van der Waals surface area contributed by atoms with Gasteiger partial charge in [-0.15, -0.1) is 0 Å². The minimum Gasteiger partial charge on any atom is -0.397 e. The molecule has 1 aromatic heterocycles. The highest BCUT2D eigenvalue weighted by molar-refractivity contribution is 5.94. The molecule has 5 heteroatoms. The fourth-order valence-electron chi connectivity index (χ4n) is 4.03. The van der Waals surface area contributed by atoms with Crippen LogP contribution in [0.2, 0.25) is 0 Å². The van der Waals surface area contributed by atoms with Crippen LogP contribution in [0.3, 0.4) is 0 Å². The highest BCUT2D eigenvalue weighted by Gasteiger charge is 2.28. The third-order valence-corrected chi connectivity index (χ3v) is 5.45. The first-order valence-corrected chi connectivity index (χ1v) is 9.97. The molecule has 5 nitrogen and oxygen atoms in total. The Labute approximate surface area is 171 Å². The first kappa shape index (κ1) is 19.2. The molecule has 29 heavy (non-hydrogen) atoms. The van der Waals surface area contributed by atoms with Gasteiger partial charge in [-0.25, -0.2) is 0 Å². The topological polar surface area (TPSA) is 62.5 Å². The maximum Gasteiger partial charge on any atom is 0.255 e. The zero-order valence-corrected chi connectivity index (χ0v) is 16.7. The van der Waals surface area contributed by atoms with E-state index in [0.29, 0.717) is 24.3 Å². The Balaban J connectivity index is 1.53. The van der Waals surface area contributed by atoms with Gasteiger partial charge in [-0.3, -0.25) is 14.7 Å². The number of piperazine rings is 1. The summed E-state index contributed by atoms with van der Waals surface area (Å²) in [5.74, 6) is -0.00346. The minimum atomic E-state index is -0.00346. The second-order valence-electron chi connectivity index (χ2n) is 7.56. The van der Waals surface area contributed by atoms with Crippen LogP contribution >= 0.6 is 0 Å². The van der Waals surface area contributed by atoms with Crippen molar-refractivity contribution in [1.29, 1.82) is 0 Å². The van der Waals surface area contributed by atoms with Crippen LogP contribution in [0.15, 0.2) is 73.1 Å². The summed E-state index contributed by atoms with van der Waals surface area (Å²) in [7, 11) is 0. The van der Waals surface area contributed by atoms with Gasteiger partial charge in [0.2, 0.25) is 0 Å². The minimum absolute atomic E-state index is 0.00346. The second kappa shape index (κ2) is 8.45. The third-order valence-electron chi connectivity index (χ3n) is 5.45. The van der Waals surface area contributed by atoms with Crippen LogP contribution < -0.4 is 5.73 Å². The first-order valence-electron chi connectivity index (χ1n) is 9.97. The number of nitrogens with zero attached hydrogens (tertiary/aromatic N) is 3. The largest absolute Gasteiger partial charge is 0.397 e. The van der Waals surface area contributed by atoms with E-state index in [2.05, 4.69) is 65.3 Å². The number of pyridine rings is 1. The fourth-order valence-corrected chi connectivity index (χ4v) is 4.03. The molecule has 0 saturated carbocycles. The van der Waals surface area contributed by atoms with Gasteiger partial charge in [0.25, 0.3) is 5.91 Å². The lowest BCUT2D eigenvalue weighted by molar-refractivity contribution is 0.0597. The van der Waals surface area contributed by atoms with Gasteiger partial charge >= 0.3 is 0 Å². The molecular formula is C24H26N4O. The standard InChI is InChI=1S/C24H26N4O/c1-18-6-5-9-20(14-18)23(19-7-3-2-4-8-19)27-10-12-28(13-11-27)24(29)21-15-22(25)17-26-16-21/h2-9,14-17,23H,10-13,25H2,1H3. The number of hydrogen-bond acceptors (Lipinski definition) is 4. The van der Waals surface area contributed by atoms with Gasteiger partial charge < -0.3 is 10.6 Å². The number of benzene rings is 2. The van der Waals surface area contributed by atoms with E-state index in [1.54, 1.807) is 18.5 Å². The molecule has 2 N–H and O–H groups in total. The van der Waals surface area contributed by atoms with Crippen molar-refractivity contribution in [3.63, 3.8) is 0 Å². The Kier molecular flexibility index (Phi) is 5.58. The van der Waals surface area contributed by atoms with E-state index in [1.807, 2.05) is 11.0 Å². The van der Waals surface area contributed by atoms with Crippen molar-refractivity contribution in [2.45, 2.75) is 13.0 Å². The average Bonchev–Trinajstić information content (AvgIpc) is 2.75. The van der Waals surface area contributed by atoms with E-state index in [0.717, 1.165) is 13.1 Å². The molecule has 4 rings (SSSR count). The number of carbonyl (C=O) groups excluding carboxylic acids is 1. The van der Waals surface area contributed by atoms with E-state index in [-0.39, 0.29) is 11.9 Å². The number of amides is 1. The van der Waals surface area contributed by atoms with Gasteiger partial charge in [-0.05, 0) is 24.1 Å². The molecule has 2 aromatic carbocycles. The van der Waals surface area contributed by atoms with Crippen molar-refractivity contribution in [3.8, 4) is 0 Å². The maximum atomic E-state index is 12.8. The normalized spacial score (nSPS) is 15.8. The second-order valence-corrected chi connectivity index (χ2v) is 7.56. The molecule has 1 atom stereocenters. The molecule has 1 saturated heterocycles. The monoisotopic (exact) mass is 386 g/mol. The van der Waals surface area contributed by atoms with Gasteiger partial charge in [0.05, 0.1) is 17.3 Å². The molecule has 1 fully saturated rings. The predicted octanol–water partition coefficient (Wildman–Crippen LogP) is 3.52. The number of carbonyl (C=O) groups is 1. The van der Waals surface area contributed by atoms with Gasteiger partial charge in [0, 0.05) is 38.6 Å². The van der Waals surface area contributed by atoms with Crippen LogP contribution in [0, 0.1) is 6.92 Å². The Morgan fingerprint density at radius 3 is 2.34 bits per heavy atom. The summed E-state index contributed by atoms with van der Waals surface area (Å²) in [6, 6.07) is 21.2. The number of aryl methyl sites for hydroxylation is 1. The molecule has 0 radical (unpaired) electrons. The Hall–Kier alpha value is -3.18. The van der Waals surface area contributed by atoms with E-state index in [4.69, 9.17) is 5.73 Å². The number of anilines is 1. The smallest absolute Gasteiger partial charge is 0.255 e. The lowest BCUT2D eigenvalue weighted by atomic mass is 9.95. The van der Waals surface area contributed by atoms with E-state index < -0.39 is 0 Å². The van der Waals surface area contributed by atoms with E-state index in [9.17, 15) is 4.79 Å². The molecule has 0 spiro atoms. The van der Waals surface area contributed by atoms with Crippen molar-refractivity contribution in [2.24, 2.45) is 0 Å². The quantitative estimate of drug-likeness (QED) is 0.745. The summed E-state index contributed by atoms with van der Waals surface area (Å²) in [6.45, 7) is 5.12. The highest BCUT2D eigenvalue weighted by Crippen LogP contribution is 2.30. The fraction of sp³-hybridized carbons (Fsp3) is 0.250. The van der Waals surface area contributed by atoms with Gasteiger partial charge in [0.15, 0.2) is 0 Å². The van der Waals surface area contributed by atoms with Crippen LogP contribution in [0.25, 0.3) is 0 Å². The Bertz CT molecular complexity index is 981. The lowest BCUT2D eigenvalue weighted by Gasteiger charge is -2.40. The molecule has 0 aliphatic carbocycles. The summed E-state index contributed by atoms with van der Waals surface area (Å²) in [5.41, 5.74) is 10.7. The summed E-state index contributed by atoms with van der Waals surface area (Å²) in [6.07, 6.45) is 3.14. The highest BCUT2D eigenvalue weighted by atomic mass is 16.2. The lowest BCUT2D eigenvalue weighted by Crippen LogP contribution is -2.49. The average molecular weight is 386 g/mol. The summed E-state index contributed by atoms with van der Waals surface area (Å²) < 4.78 is 0. The van der Waals surface area contributed by atoms with E-state index in [1.165, 1.54) is 16.7 Å². The molecule has 0 bridgehead atoms. The number of nitrogens with two attached hydrogens (primary N) is 1. The number of aromatic nitrogens is 1. The Morgan fingerprint density at radius 2 is 1.66 bits per heavy atom. The molecule has 148 valence electrons. The zero-order valence-electron chi connectivity index (χ0n) is 16.7. The Morgan fingerprint density at radius 1 is 0.931 bits per heavy atom. The van der Waals surface area contributed by atoms with Crippen molar-refractivity contribution in [1.82, 2.24) is 14.8 Å². The molecule has 1 unspecified atom stereocenters. The maximum absolute atomic E-state index is 12.8. The van der Waals surface area contributed by atoms with Crippen LogP contribution in [0.1, 0.15) is 33.1 Å². The molecule has 1 aliphatic heterocycles. The third kappa shape index (κ3) is 4.30. The van der Waals surface area contributed by atoms with Gasteiger partial charge in [-0.2, -0.15) is 0 Å². The summed E-state index contributed by atoms with van der Waals surface area (Å²) in [4.78, 5) is 21.2. The number of rotatable bonds is 4. The molecular weight excluding hydrogens is 360 g/mol. The van der Waals surface area contributed by atoms with Crippen LogP contribution in [-0.2, 0) is 0 Å². The number of nitrogen functional groups attached to an aromatic ring is 1. The molecule has 3 aromatic rings. The van der Waals surface area contributed by atoms with Crippen molar-refractivity contribution in [3.05, 3.63) is 95.3 Å². The number of hydrogen-bond donors (Lipinski definition) is 1. The summed E-state index contributed by atoms with van der Waals surface area (Å²) in [5, 5.41) is 0. The van der Waals surface area contributed by atoms with Crippen molar-refractivity contribution in [2.75, 3.05) is 31.9 Å². The first-order chi connectivity index (χ1) is 14.1. The SMILES string of the molecule is Cc1cccc(C(c2ccccc2)N2CCN(C(=O)c3cncc(N)c3)CC2)c1. The van der Waals surface area contributed by atoms with Crippen LogP contribution in [-0.4, -0.2) is 46.9 Å². The molecule has 1 aliphatic rings. The van der Waals surface area contributed by atoms with Crippen molar-refractivity contribution < 1.29 is 4.79 Å². The van der Waals surface area contributed by atoms with Crippen LogP contribution in [0.5, 0.6) is 0 Å². The van der Waals surface area contributed by atoms with Gasteiger partial charge in [0.1, 0.15) is 0 Å². The molecule has 1 amide bonds. The predicted molar refractivity (Wildman–Crippen MR) is 116 cm³/mol.